The number of benzene rings is 2. The number of nitrogens with one attached hydrogen (secondary N) is 4. The van der Waals surface area contributed by atoms with E-state index >= 15 is 0 Å². The Bertz CT molecular complexity index is 1880. The molecule has 4 rings (SSSR count). The summed E-state index contributed by atoms with van der Waals surface area (Å²) in [7, 11) is 0. The van der Waals surface area contributed by atoms with Gasteiger partial charge in [-0.1, -0.05) is 23.7 Å². The van der Waals surface area contributed by atoms with Gasteiger partial charge in [-0.25, -0.2) is 0 Å². The molecule has 0 bridgehead atoms. The normalized spacial score (nSPS) is 15.1. The third kappa shape index (κ3) is 11.9. The number of alkyl halides is 3. The lowest BCUT2D eigenvalue weighted by Crippen LogP contribution is -2.53. The Morgan fingerprint density at radius 2 is 1.60 bits per heavy atom. The minimum atomic E-state index is -5.42. The van der Waals surface area contributed by atoms with E-state index in [2.05, 4.69) is 45.9 Å². The van der Waals surface area contributed by atoms with Crippen molar-refractivity contribution in [2.45, 2.75) is 55.9 Å². The number of aromatic nitrogens is 3. The highest BCUT2D eigenvalue weighted by Crippen LogP contribution is 2.48. The summed E-state index contributed by atoms with van der Waals surface area (Å²) in [6.07, 6.45) is -4.54. The van der Waals surface area contributed by atoms with E-state index in [4.69, 9.17) is 37.3 Å². The molecule has 0 saturated heterocycles. The lowest BCUT2D eigenvalue weighted by atomic mass is 10.1. The number of carbonyl (C=O) groups excluding carboxylic acids is 4. The number of ether oxygens (including phenoxy) is 1. The number of amides is 4. The number of primary amides is 2. The number of anilines is 3. The average Bonchev–Trinajstić information content (AvgIpc) is 3.85. The number of hydrogen-bond acceptors (Lipinski definition) is 11. The van der Waals surface area contributed by atoms with Gasteiger partial charge in [-0.3, -0.25) is 24.2 Å². The van der Waals surface area contributed by atoms with Crippen molar-refractivity contribution < 1.29 is 39.8 Å². The summed E-state index contributed by atoms with van der Waals surface area (Å²) in [5.74, 6) is -4.24. The first-order chi connectivity index (χ1) is 25.3. The van der Waals surface area contributed by atoms with Gasteiger partial charge in [0, 0.05) is 22.8 Å². The van der Waals surface area contributed by atoms with Crippen molar-refractivity contribution in [3.05, 3.63) is 64.7 Å². The Morgan fingerprint density at radius 1 is 0.942 bits per heavy atom. The van der Waals surface area contributed by atoms with E-state index in [1.807, 2.05) is 0 Å². The van der Waals surface area contributed by atoms with Crippen molar-refractivity contribution in [2.24, 2.45) is 27.9 Å². The first kappa shape index (κ1) is 35.9. The molecule has 4 amide bonds. The second-order valence-electron chi connectivity index (χ2n) is 11.5. The van der Waals surface area contributed by atoms with Gasteiger partial charge in [0.05, 0.1) is 14.7 Å². The molecule has 1 saturated carbocycles. The fraction of sp³-hybridized carbons (Fsp3) is 0.355. The molecule has 1 heterocycles. The molecule has 21 heteroatoms. The Kier molecular flexibility index (Phi) is 11.6. The van der Waals surface area contributed by atoms with Gasteiger partial charge in [0.25, 0.3) is 5.91 Å². The number of guanidine groups is 1. The third-order valence-corrected chi connectivity index (χ3v) is 7.66. The van der Waals surface area contributed by atoms with Crippen LogP contribution in [0.5, 0.6) is 6.01 Å². The van der Waals surface area contributed by atoms with Gasteiger partial charge < -0.3 is 48.9 Å². The number of nitrogens with two attached hydrogens (primary N) is 4. The van der Waals surface area contributed by atoms with E-state index in [0.717, 1.165) is 5.56 Å². The summed E-state index contributed by atoms with van der Waals surface area (Å²) < 4.78 is 59.3. The van der Waals surface area contributed by atoms with Crippen LogP contribution in [0.3, 0.4) is 0 Å². The van der Waals surface area contributed by atoms with Crippen molar-refractivity contribution in [3.63, 3.8) is 0 Å². The Labute approximate surface area is 302 Å². The molecule has 0 spiro atoms. The van der Waals surface area contributed by atoms with E-state index in [-0.39, 0.29) is 48.5 Å². The van der Waals surface area contributed by atoms with E-state index < -0.39 is 66.4 Å². The lowest BCUT2D eigenvalue weighted by molar-refractivity contribution is -0.154. The third-order valence-electron chi connectivity index (χ3n) is 7.41. The smallest absolute Gasteiger partial charge is 0.422 e. The van der Waals surface area contributed by atoms with Crippen molar-refractivity contribution in [1.29, 1.82) is 0 Å². The largest absolute Gasteiger partial charge is 0.454 e. The predicted octanol–water partition coefficient (Wildman–Crippen LogP) is 1.31. The van der Waals surface area contributed by atoms with E-state index in [1.165, 1.54) is 24.3 Å². The zero-order chi connectivity index (χ0) is 39.8. The quantitative estimate of drug-likeness (QED) is 0.0519. The minimum absolute atomic E-state index is 0.00176. The maximum atomic E-state index is 13.4. The maximum absolute atomic E-state index is 13.4. The summed E-state index contributed by atoms with van der Waals surface area (Å²) in [4.78, 5) is 65.2. The van der Waals surface area contributed by atoms with Crippen LogP contribution in [0.1, 0.15) is 50.8 Å². The van der Waals surface area contributed by atoms with Crippen LogP contribution in [0.4, 0.5) is 30.8 Å². The monoisotopic (exact) mass is 750 g/mol. The topological polar surface area (TPSA) is 281 Å². The molecule has 1 fully saturated rings. The molecule has 2 aromatic carbocycles. The number of nitrogens with zero attached hydrogens (tertiary/aromatic N) is 4. The molecule has 278 valence electrons. The zero-order valence-electron chi connectivity index (χ0n) is 29.2. The summed E-state index contributed by atoms with van der Waals surface area (Å²) in [6, 6.07) is 8.68. The van der Waals surface area contributed by atoms with Crippen LogP contribution >= 0.6 is 11.6 Å². The number of aliphatic imine (C=N–C) groups is 1. The molecule has 0 unspecified atom stereocenters. The van der Waals surface area contributed by atoms with Crippen molar-refractivity contribution in [2.75, 3.05) is 23.7 Å². The number of halogens is 4. The van der Waals surface area contributed by atoms with Gasteiger partial charge >= 0.3 is 12.2 Å². The van der Waals surface area contributed by atoms with Crippen molar-refractivity contribution in [3.8, 4) is 6.01 Å². The van der Waals surface area contributed by atoms with Crippen LogP contribution in [0.2, 0.25) is 5.02 Å². The average molecular weight is 751 g/mol. The van der Waals surface area contributed by atoms with Crippen LogP contribution in [0, 0.1) is 0 Å². The molecule has 2 atom stereocenters. The maximum Gasteiger partial charge on any atom is 0.422 e. The van der Waals surface area contributed by atoms with E-state index in [9.17, 15) is 32.3 Å². The van der Waals surface area contributed by atoms with Gasteiger partial charge in [-0.2, -0.15) is 28.1 Å². The van der Waals surface area contributed by atoms with Crippen molar-refractivity contribution in [1.82, 2.24) is 25.6 Å². The van der Waals surface area contributed by atoms with Crippen molar-refractivity contribution >= 4 is 58.8 Å². The molecule has 1 aromatic heterocycles. The molecule has 12 N–H and O–H groups in total. The molecular weight excluding hydrogens is 713 g/mol. The summed E-state index contributed by atoms with van der Waals surface area (Å²) >= 11 is 6.01. The summed E-state index contributed by atoms with van der Waals surface area (Å²) in [5, 5.41) is 11.2. The highest BCUT2D eigenvalue weighted by Gasteiger charge is 2.45. The number of hydrogen-bond donors (Lipinski definition) is 8. The van der Waals surface area contributed by atoms with Gasteiger partial charge in [0.2, 0.25) is 29.6 Å². The fourth-order valence-electron chi connectivity index (χ4n) is 4.76. The fourth-order valence-corrected chi connectivity index (χ4v) is 4.88. The summed E-state index contributed by atoms with van der Waals surface area (Å²) in [6.45, 7) is -4.04. The zero-order valence-corrected chi connectivity index (χ0v) is 27.9. The molecule has 1 aliphatic carbocycles. The first-order valence-corrected chi connectivity index (χ1v) is 15.8. The minimum Gasteiger partial charge on any atom is -0.454 e. The second kappa shape index (κ2) is 16.9. The molecule has 3 aromatic rings. The van der Waals surface area contributed by atoms with Crippen LogP contribution in [0.25, 0.3) is 0 Å². The van der Waals surface area contributed by atoms with E-state index in [1.54, 1.807) is 24.3 Å². The predicted molar refractivity (Wildman–Crippen MR) is 183 cm³/mol. The van der Waals surface area contributed by atoms with Gasteiger partial charge in [0.1, 0.15) is 12.1 Å². The number of rotatable bonds is 18. The first-order valence-electron chi connectivity index (χ1n) is 16.4. The molecule has 0 aliphatic heterocycles. The SMILES string of the molecule is [2H]C([2H])(Oc1nc(Nc2ccc(C(=O)N[C@@H](CCCN=C(N)N)C(=O)N[C@H](CC(N)=O)C(N)=O)cc2)nc(NC2(c3ccc(Cl)cc3)CC2)n1)C(F)(F)F. The van der Waals surface area contributed by atoms with Gasteiger partial charge in [-0.15, -0.1) is 0 Å². The number of carbonyl (C=O) groups is 4. The lowest BCUT2D eigenvalue weighted by Gasteiger charge is -2.21. The molecule has 0 radical (unpaired) electrons. The Morgan fingerprint density at radius 3 is 2.17 bits per heavy atom. The molecule has 17 nitrogen and oxygen atoms in total. The van der Waals surface area contributed by atoms with Crippen LogP contribution in [0.15, 0.2) is 53.5 Å². The van der Waals surface area contributed by atoms with Crippen LogP contribution < -0.4 is 48.9 Å². The van der Waals surface area contributed by atoms with E-state index in [0.29, 0.717) is 17.9 Å². The molecular formula is C31H36ClF3N12O5. The molecule has 1 aliphatic rings. The highest BCUT2D eigenvalue weighted by atomic mass is 35.5. The second-order valence-corrected chi connectivity index (χ2v) is 11.9. The van der Waals surface area contributed by atoms with Crippen LogP contribution in [-0.2, 0) is 19.9 Å². The standard InChI is InChI=1S/C31H36ClF3N12O5/c32-18-7-5-17(6-8-18)30(11-12-30)47-28-44-27(45-29(46-28)52-15-31(33,34)35)41-19-9-3-16(4-10-19)24(50)42-20(2-1-13-40-26(38)39)25(51)43-21(23(37)49)14-22(36)48/h3-10,20-21H,1-2,11-15H2,(H2,36,48)(H2,37,49)(H,42,50)(H,43,51)(H4,38,39,40)(H2,41,44,45,46,47)/t20-,21+/m0/s1/i15D2. The Balaban J connectivity index is 1.53. The van der Waals surface area contributed by atoms with Crippen LogP contribution in [-0.4, -0.2) is 75.9 Å². The summed E-state index contributed by atoms with van der Waals surface area (Å²) in [5.41, 5.74) is 21.5. The molecule has 52 heavy (non-hydrogen) atoms. The van der Waals surface area contributed by atoms with Gasteiger partial charge in [-0.05, 0) is 67.6 Å². The van der Waals surface area contributed by atoms with Gasteiger partial charge in [0.15, 0.2) is 12.5 Å². The highest BCUT2D eigenvalue weighted by molar-refractivity contribution is 6.30. The Hall–Kier alpha value is -5.92.